The summed E-state index contributed by atoms with van der Waals surface area (Å²) in [4.78, 5) is 4.23. The molecule has 0 aromatic carbocycles. The molecule has 1 saturated carbocycles. The van der Waals surface area contributed by atoms with Gasteiger partial charge >= 0.3 is 0 Å². The SMILES string of the molecule is CN=C(NCCCCC1CCCC1)NCC1(S(C)(=O)=O)CCOCC1.I. The molecule has 1 aliphatic heterocycles. The molecule has 0 radical (unpaired) electrons. The zero-order valence-corrected chi connectivity index (χ0v) is 19.4. The van der Waals surface area contributed by atoms with Crippen molar-refractivity contribution in [3.05, 3.63) is 0 Å². The molecule has 1 heterocycles. The van der Waals surface area contributed by atoms with Gasteiger partial charge in [0.05, 0.1) is 4.75 Å². The number of aliphatic imine (C=N–C) groups is 1. The average molecular weight is 501 g/mol. The van der Waals surface area contributed by atoms with Gasteiger partial charge in [-0.25, -0.2) is 8.42 Å². The Kier molecular flexibility index (Phi) is 10.8. The summed E-state index contributed by atoms with van der Waals surface area (Å²) in [6.07, 6.45) is 11.8. The van der Waals surface area contributed by atoms with E-state index in [9.17, 15) is 8.42 Å². The lowest BCUT2D eigenvalue weighted by Gasteiger charge is -2.35. The fourth-order valence-electron chi connectivity index (χ4n) is 3.95. The van der Waals surface area contributed by atoms with Gasteiger partial charge in [-0.15, -0.1) is 24.0 Å². The summed E-state index contributed by atoms with van der Waals surface area (Å²) in [6.45, 7) is 2.27. The second kappa shape index (κ2) is 11.7. The van der Waals surface area contributed by atoms with Crippen molar-refractivity contribution in [3.63, 3.8) is 0 Å². The molecular formula is C18H36IN3O3S. The maximum Gasteiger partial charge on any atom is 0.191 e. The molecule has 0 spiro atoms. The van der Waals surface area contributed by atoms with E-state index in [0.717, 1.165) is 18.9 Å². The Bertz CT molecular complexity index is 528. The number of sulfone groups is 1. The molecule has 0 bridgehead atoms. The monoisotopic (exact) mass is 501 g/mol. The molecule has 0 atom stereocenters. The topological polar surface area (TPSA) is 79.8 Å². The molecule has 0 aromatic heterocycles. The van der Waals surface area contributed by atoms with Crippen LogP contribution in [0.4, 0.5) is 0 Å². The van der Waals surface area contributed by atoms with E-state index in [1.165, 1.54) is 44.8 Å². The normalized spacial score (nSPS) is 21.2. The van der Waals surface area contributed by atoms with Crippen LogP contribution in [0.5, 0.6) is 0 Å². The molecule has 26 heavy (non-hydrogen) atoms. The van der Waals surface area contributed by atoms with Crippen LogP contribution >= 0.6 is 24.0 Å². The van der Waals surface area contributed by atoms with E-state index in [1.54, 1.807) is 7.05 Å². The van der Waals surface area contributed by atoms with Crippen LogP contribution in [0.25, 0.3) is 0 Å². The van der Waals surface area contributed by atoms with Gasteiger partial charge in [-0.3, -0.25) is 4.99 Å². The van der Waals surface area contributed by atoms with Gasteiger partial charge in [0.2, 0.25) is 0 Å². The Hall–Kier alpha value is -0.0900. The molecule has 0 unspecified atom stereocenters. The van der Waals surface area contributed by atoms with Crippen molar-refractivity contribution >= 4 is 39.8 Å². The number of hydrogen-bond donors (Lipinski definition) is 2. The molecule has 1 saturated heterocycles. The second-order valence-electron chi connectivity index (χ2n) is 7.57. The Balaban J connectivity index is 0.00000338. The molecule has 0 amide bonds. The van der Waals surface area contributed by atoms with Crippen LogP contribution in [0, 0.1) is 5.92 Å². The quantitative estimate of drug-likeness (QED) is 0.232. The highest BCUT2D eigenvalue weighted by Gasteiger charge is 2.42. The van der Waals surface area contributed by atoms with Gasteiger partial charge in [0, 0.05) is 39.6 Å². The molecular weight excluding hydrogens is 465 g/mol. The van der Waals surface area contributed by atoms with E-state index in [2.05, 4.69) is 15.6 Å². The van der Waals surface area contributed by atoms with Crippen molar-refractivity contribution in [2.24, 2.45) is 10.9 Å². The highest BCUT2D eigenvalue weighted by atomic mass is 127. The first kappa shape index (κ1) is 23.9. The third-order valence-corrected chi connectivity index (χ3v) is 7.92. The lowest BCUT2D eigenvalue weighted by atomic mass is 9.99. The fraction of sp³-hybridized carbons (Fsp3) is 0.944. The van der Waals surface area contributed by atoms with Gasteiger partial charge in [0.1, 0.15) is 0 Å². The molecule has 2 fully saturated rings. The summed E-state index contributed by atoms with van der Waals surface area (Å²) in [7, 11) is -1.43. The minimum absolute atomic E-state index is 0. The van der Waals surface area contributed by atoms with Crippen molar-refractivity contribution in [2.75, 3.05) is 39.6 Å². The average Bonchev–Trinajstić information content (AvgIpc) is 3.10. The maximum atomic E-state index is 12.3. The first-order valence-electron chi connectivity index (χ1n) is 9.69. The number of hydrogen-bond acceptors (Lipinski definition) is 4. The first-order chi connectivity index (χ1) is 12.0. The van der Waals surface area contributed by atoms with E-state index in [4.69, 9.17) is 4.74 Å². The van der Waals surface area contributed by atoms with Crippen LogP contribution < -0.4 is 10.6 Å². The van der Waals surface area contributed by atoms with Crippen LogP contribution in [0.1, 0.15) is 57.8 Å². The zero-order valence-electron chi connectivity index (χ0n) is 16.3. The summed E-state index contributed by atoms with van der Waals surface area (Å²) >= 11 is 0. The minimum atomic E-state index is -3.16. The zero-order chi connectivity index (χ0) is 18.2. The third-order valence-electron chi connectivity index (χ3n) is 5.80. The van der Waals surface area contributed by atoms with Crippen LogP contribution in [0.2, 0.25) is 0 Å². The highest BCUT2D eigenvalue weighted by Crippen LogP contribution is 2.29. The molecule has 8 heteroatoms. The molecule has 0 aromatic rings. The van der Waals surface area contributed by atoms with Crippen molar-refractivity contribution in [2.45, 2.75) is 62.5 Å². The summed E-state index contributed by atoms with van der Waals surface area (Å²) in [5, 5.41) is 6.54. The standard InChI is InChI=1S/C18H35N3O3S.HI/c1-19-17(20-12-6-5-9-16-7-3-4-8-16)21-15-18(25(2,22)23)10-13-24-14-11-18;/h16H,3-15H2,1-2H3,(H2,19,20,21);1H. The number of nitrogens with one attached hydrogen (secondary N) is 2. The van der Waals surface area contributed by atoms with Gasteiger partial charge in [-0.1, -0.05) is 38.5 Å². The summed E-state index contributed by atoms with van der Waals surface area (Å²) in [5.74, 6) is 1.64. The highest BCUT2D eigenvalue weighted by molar-refractivity contribution is 14.0. The van der Waals surface area contributed by atoms with Gasteiger partial charge in [0.15, 0.2) is 15.8 Å². The van der Waals surface area contributed by atoms with E-state index >= 15 is 0 Å². The summed E-state index contributed by atoms with van der Waals surface area (Å²) in [6, 6.07) is 0. The number of nitrogens with zero attached hydrogens (tertiary/aromatic N) is 1. The predicted molar refractivity (Wildman–Crippen MR) is 118 cm³/mol. The van der Waals surface area contributed by atoms with Gasteiger partial charge in [-0.2, -0.15) is 0 Å². The number of halogens is 1. The van der Waals surface area contributed by atoms with E-state index in [-0.39, 0.29) is 24.0 Å². The lowest BCUT2D eigenvalue weighted by Crippen LogP contribution is -2.53. The second-order valence-corrected chi connectivity index (χ2v) is 9.98. The van der Waals surface area contributed by atoms with Crippen molar-refractivity contribution in [3.8, 4) is 0 Å². The van der Waals surface area contributed by atoms with Gasteiger partial charge in [0.25, 0.3) is 0 Å². The minimum Gasteiger partial charge on any atom is -0.381 e. The number of guanidine groups is 1. The predicted octanol–water partition coefficient (Wildman–Crippen LogP) is 2.72. The Labute approximate surface area is 176 Å². The van der Waals surface area contributed by atoms with Crippen molar-refractivity contribution < 1.29 is 13.2 Å². The molecule has 154 valence electrons. The number of ether oxygens (including phenoxy) is 1. The maximum absolute atomic E-state index is 12.3. The van der Waals surface area contributed by atoms with Crippen LogP contribution in [-0.2, 0) is 14.6 Å². The molecule has 1 aliphatic carbocycles. The number of rotatable bonds is 8. The molecule has 2 rings (SSSR count). The Morgan fingerprint density at radius 3 is 2.38 bits per heavy atom. The molecule has 2 aliphatic rings. The third kappa shape index (κ3) is 7.14. The van der Waals surface area contributed by atoms with Crippen LogP contribution in [0.3, 0.4) is 0 Å². The van der Waals surface area contributed by atoms with E-state index in [1.807, 2.05) is 0 Å². The fourth-order valence-corrected chi connectivity index (χ4v) is 5.19. The molecule has 6 nitrogen and oxygen atoms in total. The number of unbranched alkanes of at least 4 members (excludes halogenated alkanes) is 1. The van der Waals surface area contributed by atoms with Crippen LogP contribution in [0.15, 0.2) is 4.99 Å². The largest absolute Gasteiger partial charge is 0.381 e. The molecule has 2 N–H and O–H groups in total. The lowest BCUT2D eigenvalue weighted by molar-refractivity contribution is 0.0756. The van der Waals surface area contributed by atoms with Gasteiger partial charge in [-0.05, 0) is 25.2 Å². The van der Waals surface area contributed by atoms with Crippen molar-refractivity contribution in [1.82, 2.24) is 10.6 Å². The van der Waals surface area contributed by atoms with E-state index < -0.39 is 14.6 Å². The summed E-state index contributed by atoms with van der Waals surface area (Å²) < 4.78 is 29.2. The van der Waals surface area contributed by atoms with Gasteiger partial charge < -0.3 is 15.4 Å². The van der Waals surface area contributed by atoms with E-state index in [0.29, 0.717) is 38.6 Å². The smallest absolute Gasteiger partial charge is 0.191 e. The summed E-state index contributed by atoms with van der Waals surface area (Å²) in [5.41, 5.74) is 0. The van der Waals surface area contributed by atoms with Crippen LogP contribution in [-0.4, -0.2) is 58.7 Å². The first-order valence-corrected chi connectivity index (χ1v) is 11.6. The van der Waals surface area contributed by atoms with Crippen molar-refractivity contribution in [1.29, 1.82) is 0 Å². The Morgan fingerprint density at radius 2 is 1.81 bits per heavy atom. The Morgan fingerprint density at radius 1 is 1.15 bits per heavy atom.